The summed E-state index contributed by atoms with van der Waals surface area (Å²) in [7, 11) is 2.94. The van der Waals surface area contributed by atoms with E-state index in [9.17, 15) is 18.0 Å². The van der Waals surface area contributed by atoms with Crippen molar-refractivity contribution in [2.75, 3.05) is 27.3 Å². The molecular formula is C24H29F3N2O3. The van der Waals surface area contributed by atoms with Crippen LogP contribution in [0.3, 0.4) is 0 Å². The molecule has 0 aliphatic carbocycles. The maximum Gasteiger partial charge on any atom is 0.471 e. The summed E-state index contributed by atoms with van der Waals surface area (Å²) in [4.78, 5) is 15.6. The number of carbonyl (C=O) groups excluding carboxylic acids is 1. The fourth-order valence-electron chi connectivity index (χ4n) is 4.34. The van der Waals surface area contributed by atoms with Crippen molar-refractivity contribution in [3.63, 3.8) is 0 Å². The van der Waals surface area contributed by atoms with Crippen molar-refractivity contribution < 1.29 is 27.4 Å². The van der Waals surface area contributed by atoms with Crippen molar-refractivity contribution in [3.05, 3.63) is 59.7 Å². The second kappa shape index (κ2) is 10.3. The Kier molecular flexibility index (Phi) is 7.66. The molecule has 8 heteroatoms. The quantitative estimate of drug-likeness (QED) is 0.623. The molecule has 1 heterocycles. The Bertz CT molecular complexity index is 905. The average Bonchev–Trinajstić information content (AvgIpc) is 2.77. The topological polar surface area (TPSA) is 42.0 Å². The highest BCUT2D eigenvalue weighted by atomic mass is 19.4. The molecule has 2 aromatic rings. The minimum atomic E-state index is -4.94. The molecule has 0 unspecified atom stereocenters. The highest BCUT2D eigenvalue weighted by molar-refractivity contribution is 5.82. The van der Waals surface area contributed by atoms with E-state index in [0.29, 0.717) is 36.6 Å². The number of likely N-dealkylation sites (tertiary alicyclic amines) is 1. The number of halogens is 3. The first kappa shape index (κ1) is 23.9. The van der Waals surface area contributed by atoms with Crippen LogP contribution < -0.4 is 9.47 Å². The Morgan fingerprint density at radius 1 is 1.12 bits per heavy atom. The monoisotopic (exact) mass is 450 g/mol. The molecule has 0 bridgehead atoms. The summed E-state index contributed by atoms with van der Waals surface area (Å²) >= 11 is 0. The minimum Gasteiger partial charge on any atom is -0.497 e. The predicted octanol–water partition coefficient (Wildman–Crippen LogP) is 4.51. The Balaban J connectivity index is 1.80. The van der Waals surface area contributed by atoms with Gasteiger partial charge in [0.15, 0.2) is 0 Å². The van der Waals surface area contributed by atoms with Crippen LogP contribution in [0.4, 0.5) is 13.2 Å². The molecule has 1 aliphatic heterocycles. The lowest BCUT2D eigenvalue weighted by Crippen LogP contribution is -2.54. The van der Waals surface area contributed by atoms with E-state index in [2.05, 4.69) is 4.90 Å². The zero-order valence-electron chi connectivity index (χ0n) is 18.6. The number of nitrogens with zero attached hydrogens (tertiary/aromatic N) is 2. The lowest BCUT2D eigenvalue weighted by molar-refractivity contribution is -0.190. The van der Waals surface area contributed by atoms with Crippen molar-refractivity contribution in [3.8, 4) is 11.5 Å². The second-order valence-corrected chi connectivity index (χ2v) is 8.16. The number of piperidine rings is 1. The Morgan fingerprint density at radius 3 is 2.44 bits per heavy atom. The first-order valence-corrected chi connectivity index (χ1v) is 10.6. The summed E-state index contributed by atoms with van der Waals surface area (Å²) in [6.07, 6.45) is -4.48. The molecule has 0 aromatic heterocycles. The lowest BCUT2D eigenvalue weighted by Gasteiger charge is -2.43. The zero-order chi connectivity index (χ0) is 23.3. The summed E-state index contributed by atoms with van der Waals surface area (Å²) in [5, 5.41) is 0. The molecule has 0 saturated carbocycles. The van der Waals surface area contributed by atoms with Crippen LogP contribution in [0.2, 0.25) is 0 Å². The molecular weight excluding hydrogens is 421 g/mol. The summed E-state index contributed by atoms with van der Waals surface area (Å²) < 4.78 is 51.0. The van der Waals surface area contributed by atoms with E-state index in [-0.39, 0.29) is 12.5 Å². The van der Waals surface area contributed by atoms with Crippen molar-refractivity contribution in [1.29, 1.82) is 0 Å². The van der Waals surface area contributed by atoms with Gasteiger partial charge < -0.3 is 14.4 Å². The molecule has 5 nitrogen and oxygen atoms in total. The number of rotatable bonds is 7. The van der Waals surface area contributed by atoms with E-state index in [4.69, 9.17) is 9.47 Å². The highest BCUT2D eigenvalue weighted by Crippen LogP contribution is 2.32. The maximum absolute atomic E-state index is 13.5. The average molecular weight is 451 g/mol. The molecule has 0 N–H and O–H groups in total. The van der Waals surface area contributed by atoms with Gasteiger partial charge in [0.25, 0.3) is 0 Å². The van der Waals surface area contributed by atoms with E-state index < -0.39 is 18.1 Å². The van der Waals surface area contributed by atoms with E-state index in [1.54, 1.807) is 18.2 Å². The van der Waals surface area contributed by atoms with Gasteiger partial charge in [-0.3, -0.25) is 9.69 Å². The smallest absolute Gasteiger partial charge is 0.471 e. The summed E-state index contributed by atoms with van der Waals surface area (Å²) in [6.45, 7) is 3.69. The van der Waals surface area contributed by atoms with Gasteiger partial charge in [0.05, 0.1) is 14.2 Å². The van der Waals surface area contributed by atoms with Gasteiger partial charge in [-0.05, 0) is 30.0 Å². The number of hydrogen-bond acceptors (Lipinski definition) is 4. The van der Waals surface area contributed by atoms with Crippen LogP contribution in [-0.2, 0) is 17.9 Å². The largest absolute Gasteiger partial charge is 0.497 e. The van der Waals surface area contributed by atoms with Crippen LogP contribution in [0.15, 0.2) is 48.5 Å². The minimum absolute atomic E-state index is 0.122. The maximum atomic E-state index is 13.5. The molecule has 2 aromatic carbocycles. The Hall–Kier alpha value is -2.74. The van der Waals surface area contributed by atoms with Gasteiger partial charge in [0, 0.05) is 43.9 Å². The first-order valence-electron chi connectivity index (χ1n) is 10.6. The molecule has 32 heavy (non-hydrogen) atoms. The first-order chi connectivity index (χ1) is 15.2. The lowest BCUT2D eigenvalue weighted by atomic mass is 9.91. The third-order valence-electron chi connectivity index (χ3n) is 5.93. The van der Waals surface area contributed by atoms with Gasteiger partial charge in [-0.1, -0.05) is 37.3 Å². The fraction of sp³-hybridized carbons (Fsp3) is 0.458. The fourth-order valence-corrected chi connectivity index (χ4v) is 4.34. The summed E-state index contributed by atoms with van der Waals surface area (Å²) in [5.74, 6) is -1.02. The second-order valence-electron chi connectivity index (χ2n) is 8.16. The SMILES string of the molecule is COc1ccc(CN(C(=O)C(F)(F)F)[C@@H]2CCN(Cc3ccccc3)C[C@@H]2C)c(OC)c1. The molecule has 1 fully saturated rings. The number of hydrogen-bond donors (Lipinski definition) is 0. The Morgan fingerprint density at radius 2 is 1.84 bits per heavy atom. The van der Waals surface area contributed by atoms with Gasteiger partial charge in [-0.2, -0.15) is 13.2 Å². The highest BCUT2D eigenvalue weighted by Gasteiger charge is 2.46. The van der Waals surface area contributed by atoms with Gasteiger partial charge in [-0.15, -0.1) is 0 Å². The van der Waals surface area contributed by atoms with Crippen LogP contribution >= 0.6 is 0 Å². The number of methoxy groups -OCH3 is 2. The van der Waals surface area contributed by atoms with Crippen molar-refractivity contribution in [1.82, 2.24) is 9.80 Å². The molecule has 1 amide bonds. The third-order valence-corrected chi connectivity index (χ3v) is 5.93. The van der Waals surface area contributed by atoms with Crippen molar-refractivity contribution >= 4 is 5.91 Å². The van der Waals surface area contributed by atoms with Gasteiger partial charge in [-0.25, -0.2) is 0 Å². The van der Waals surface area contributed by atoms with Crippen LogP contribution in [0.25, 0.3) is 0 Å². The zero-order valence-corrected chi connectivity index (χ0v) is 18.6. The van der Waals surface area contributed by atoms with Crippen molar-refractivity contribution in [2.45, 2.75) is 38.7 Å². The summed E-state index contributed by atoms with van der Waals surface area (Å²) in [6, 6.07) is 14.3. The number of carbonyl (C=O) groups is 1. The van der Waals surface area contributed by atoms with Gasteiger partial charge in [0.2, 0.25) is 0 Å². The normalized spacial score (nSPS) is 19.4. The molecule has 0 spiro atoms. The van der Waals surface area contributed by atoms with E-state index in [0.717, 1.165) is 17.0 Å². The standard InChI is InChI=1S/C24H29F3N2O3/c1-17-14-28(15-18-7-5-4-6-8-18)12-11-21(17)29(23(30)24(25,26)27)16-19-9-10-20(31-2)13-22(19)32-3/h4-10,13,17,21H,11-12,14-16H2,1-3H3/t17-,21+/m0/s1. The third kappa shape index (κ3) is 5.73. The predicted molar refractivity (Wildman–Crippen MR) is 115 cm³/mol. The molecule has 3 rings (SSSR count). The number of amides is 1. The van der Waals surface area contributed by atoms with Crippen LogP contribution in [0, 0.1) is 5.92 Å². The Labute approximate surface area is 186 Å². The van der Waals surface area contributed by atoms with E-state index >= 15 is 0 Å². The van der Waals surface area contributed by atoms with E-state index in [1.807, 2.05) is 37.3 Å². The summed E-state index contributed by atoms with van der Waals surface area (Å²) in [5.41, 5.74) is 1.66. The number of ether oxygens (including phenoxy) is 2. The van der Waals surface area contributed by atoms with E-state index in [1.165, 1.54) is 14.2 Å². The molecule has 0 radical (unpaired) electrons. The number of benzene rings is 2. The van der Waals surface area contributed by atoms with Crippen molar-refractivity contribution in [2.24, 2.45) is 5.92 Å². The van der Waals surface area contributed by atoms with Crippen LogP contribution in [0.1, 0.15) is 24.5 Å². The van der Waals surface area contributed by atoms with Gasteiger partial charge >= 0.3 is 12.1 Å². The van der Waals surface area contributed by atoms with Crippen LogP contribution in [-0.4, -0.2) is 55.2 Å². The number of alkyl halides is 3. The van der Waals surface area contributed by atoms with Crippen LogP contribution in [0.5, 0.6) is 11.5 Å². The molecule has 1 saturated heterocycles. The molecule has 2 atom stereocenters. The molecule has 174 valence electrons. The van der Waals surface area contributed by atoms with Gasteiger partial charge in [0.1, 0.15) is 11.5 Å². The molecule has 1 aliphatic rings.